The zero-order chi connectivity index (χ0) is 19.0. The maximum absolute atomic E-state index is 12.9. The molecule has 1 aliphatic rings. The van der Waals surface area contributed by atoms with Gasteiger partial charge >= 0.3 is 0 Å². The average molecular weight is 365 g/mol. The predicted octanol–water partition coefficient (Wildman–Crippen LogP) is 2.87. The lowest BCUT2D eigenvalue weighted by Gasteiger charge is -2.16. The lowest BCUT2D eigenvalue weighted by Crippen LogP contribution is -2.28. The fraction of sp³-hybridized carbons (Fsp3) is 0.400. The summed E-state index contributed by atoms with van der Waals surface area (Å²) in [6.45, 7) is 7.80. The van der Waals surface area contributed by atoms with E-state index in [4.69, 9.17) is 4.52 Å². The van der Waals surface area contributed by atoms with Crippen LogP contribution in [0.3, 0.4) is 0 Å². The summed E-state index contributed by atoms with van der Waals surface area (Å²) in [7, 11) is 0. The van der Waals surface area contributed by atoms with E-state index in [2.05, 4.69) is 21.3 Å². The first-order valence-corrected chi connectivity index (χ1v) is 9.19. The maximum atomic E-state index is 12.9. The topological polar surface area (TPSA) is 77.0 Å². The van der Waals surface area contributed by atoms with E-state index < -0.39 is 0 Å². The van der Waals surface area contributed by atoms with Gasteiger partial charge in [-0.1, -0.05) is 17.3 Å². The summed E-state index contributed by atoms with van der Waals surface area (Å²) in [6.07, 6.45) is 0.846. The van der Waals surface area contributed by atoms with Gasteiger partial charge in [0.15, 0.2) is 5.82 Å². The van der Waals surface area contributed by atoms with Crippen molar-refractivity contribution in [1.82, 2.24) is 24.8 Å². The van der Waals surface area contributed by atoms with Crippen LogP contribution in [0.2, 0.25) is 0 Å². The second-order valence-corrected chi connectivity index (χ2v) is 7.20. The highest BCUT2D eigenvalue weighted by molar-refractivity contribution is 5.94. The van der Waals surface area contributed by atoms with Crippen LogP contribution in [0.25, 0.3) is 0 Å². The number of rotatable bonds is 4. The van der Waals surface area contributed by atoms with E-state index in [9.17, 15) is 4.79 Å². The summed E-state index contributed by atoms with van der Waals surface area (Å²) in [5.74, 6) is 1.42. The van der Waals surface area contributed by atoms with Crippen molar-refractivity contribution in [2.24, 2.45) is 0 Å². The molecule has 7 nitrogen and oxygen atoms in total. The lowest BCUT2D eigenvalue weighted by molar-refractivity contribution is 0.0789. The zero-order valence-electron chi connectivity index (χ0n) is 15.8. The van der Waals surface area contributed by atoms with Crippen LogP contribution in [0, 0.1) is 20.8 Å². The summed E-state index contributed by atoms with van der Waals surface area (Å²) < 4.78 is 7.23. The predicted molar refractivity (Wildman–Crippen MR) is 99.5 cm³/mol. The Hall–Kier alpha value is -2.96. The summed E-state index contributed by atoms with van der Waals surface area (Å²) >= 11 is 0. The minimum atomic E-state index is 0.0453. The van der Waals surface area contributed by atoms with Crippen molar-refractivity contribution in [2.75, 3.05) is 13.1 Å². The third-order valence-corrected chi connectivity index (χ3v) is 4.98. The third kappa shape index (κ3) is 3.63. The number of nitrogens with zero attached hydrogens (tertiary/aromatic N) is 5. The summed E-state index contributed by atoms with van der Waals surface area (Å²) in [5.41, 5.74) is 3.88. The number of hydrogen-bond donors (Lipinski definition) is 0. The standard InChI is InChI=1S/C20H23N5O2/c1-13-9-14(2)25(22-13)11-16-5-4-6-17(10-16)20(26)24-8-7-18(12-24)19-21-15(3)23-27-19/h4-6,9-10,18H,7-8,11-12H2,1-3H3. The Bertz CT molecular complexity index is 974. The van der Waals surface area contributed by atoms with E-state index in [1.54, 1.807) is 6.92 Å². The number of carbonyl (C=O) groups is 1. The molecule has 0 spiro atoms. The molecule has 0 saturated carbocycles. The highest BCUT2D eigenvalue weighted by Gasteiger charge is 2.31. The second kappa shape index (κ2) is 6.98. The summed E-state index contributed by atoms with van der Waals surface area (Å²) in [6, 6.07) is 9.85. The molecule has 1 unspecified atom stereocenters. The fourth-order valence-corrected chi connectivity index (χ4v) is 3.62. The molecule has 1 atom stereocenters. The molecule has 1 aromatic carbocycles. The maximum Gasteiger partial charge on any atom is 0.253 e. The summed E-state index contributed by atoms with van der Waals surface area (Å²) in [4.78, 5) is 19.1. The molecule has 140 valence electrons. The second-order valence-electron chi connectivity index (χ2n) is 7.20. The van der Waals surface area contributed by atoms with E-state index in [0.29, 0.717) is 36.9 Å². The van der Waals surface area contributed by atoms with Crippen molar-refractivity contribution in [1.29, 1.82) is 0 Å². The van der Waals surface area contributed by atoms with Gasteiger partial charge in [0.05, 0.1) is 18.2 Å². The normalized spacial score (nSPS) is 16.9. The van der Waals surface area contributed by atoms with E-state index in [-0.39, 0.29) is 11.8 Å². The largest absolute Gasteiger partial charge is 0.339 e. The van der Waals surface area contributed by atoms with Crippen LogP contribution in [0.4, 0.5) is 0 Å². The Kier molecular flexibility index (Phi) is 4.51. The van der Waals surface area contributed by atoms with Crippen molar-refractivity contribution >= 4 is 5.91 Å². The molecule has 1 amide bonds. The Balaban J connectivity index is 1.47. The molecule has 0 aliphatic carbocycles. The highest BCUT2D eigenvalue weighted by atomic mass is 16.5. The molecular formula is C20H23N5O2. The molecule has 27 heavy (non-hydrogen) atoms. The first-order valence-electron chi connectivity index (χ1n) is 9.19. The van der Waals surface area contributed by atoms with Crippen LogP contribution < -0.4 is 0 Å². The number of likely N-dealkylation sites (tertiary alicyclic amines) is 1. The van der Waals surface area contributed by atoms with Crippen LogP contribution in [-0.4, -0.2) is 43.8 Å². The minimum absolute atomic E-state index is 0.0453. The lowest BCUT2D eigenvalue weighted by atomic mass is 10.1. The molecule has 1 aliphatic heterocycles. The van der Waals surface area contributed by atoms with Gasteiger partial charge in [0.1, 0.15) is 0 Å². The van der Waals surface area contributed by atoms with E-state index in [0.717, 1.165) is 23.4 Å². The minimum Gasteiger partial charge on any atom is -0.339 e. The van der Waals surface area contributed by atoms with Crippen LogP contribution in [0.15, 0.2) is 34.9 Å². The molecule has 1 saturated heterocycles. The number of benzene rings is 1. The SMILES string of the molecule is Cc1cc(C)n(Cc2cccc(C(=O)N3CCC(c4nc(C)no4)C3)c2)n1. The van der Waals surface area contributed by atoms with Crippen molar-refractivity contribution in [3.63, 3.8) is 0 Å². The van der Waals surface area contributed by atoms with Crippen LogP contribution in [-0.2, 0) is 6.54 Å². The molecular weight excluding hydrogens is 342 g/mol. The van der Waals surface area contributed by atoms with Gasteiger partial charge in [-0.25, -0.2) is 0 Å². The molecule has 2 aromatic heterocycles. The van der Waals surface area contributed by atoms with Gasteiger partial charge < -0.3 is 9.42 Å². The van der Waals surface area contributed by atoms with Crippen LogP contribution in [0.5, 0.6) is 0 Å². The first kappa shape index (κ1) is 17.5. The van der Waals surface area contributed by atoms with Gasteiger partial charge in [0, 0.05) is 24.3 Å². The zero-order valence-corrected chi connectivity index (χ0v) is 15.8. The van der Waals surface area contributed by atoms with Gasteiger partial charge in [0.25, 0.3) is 5.91 Å². The van der Waals surface area contributed by atoms with Gasteiger partial charge in [-0.15, -0.1) is 0 Å². The molecule has 0 bridgehead atoms. The number of carbonyl (C=O) groups excluding carboxylic acids is 1. The molecule has 1 fully saturated rings. The molecule has 3 aromatic rings. The Morgan fingerprint density at radius 2 is 2.11 bits per heavy atom. The van der Waals surface area contributed by atoms with Crippen LogP contribution in [0.1, 0.15) is 51.4 Å². The van der Waals surface area contributed by atoms with E-state index in [1.807, 2.05) is 47.7 Å². The van der Waals surface area contributed by atoms with E-state index >= 15 is 0 Å². The van der Waals surface area contributed by atoms with Crippen molar-refractivity contribution in [3.8, 4) is 0 Å². The molecule has 0 radical (unpaired) electrons. The van der Waals surface area contributed by atoms with Gasteiger partial charge in [-0.3, -0.25) is 9.48 Å². The summed E-state index contributed by atoms with van der Waals surface area (Å²) in [5, 5.41) is 8.35. The third-order valence-electron chi connectivity index (χ3n) is 4.98. The Morgan fingerprint density at radius 1 is 1.26 bits per heavy atom. The molecule has 0 N–H and O–H groups in total. The molecule has 4 rings (SSSR count). The molecule has 7 heteroatoms. The quantitative estimate of drug-likeness (QED) is 0.710. The van der Waals surface area contributed by atoms with Crippen molar-refractivity contribution in [2.45, 2.75) is 39.7 Å². The van der Waals surface area contributed by atoms with Crippen molar-refractivity contribution < 1.29 is 9.32 Å². The average Bonchev–Trinajstić information content (AvgIpc) is 3.35. The van der Waals surface area contributed by atoms with Crippen LogP contribution >= 0.6 is 0 Å². The Morgan fingerprint density at radius 3 is 2.81 bits per heavy atom. The van der Waals surface area contributed by atoms with E-state index in [1.165, 1.54) is 0 Å². The fourth-order valence-electron chi connectivity index (χ4n) is 3.62. The number of aryl methyl sites for hydroxylation is 3. The Labute approximate surface area is 158 Å². The van der Waals surface area contributed by atoms with Crippen molar-refractivity contribution in [3.05, 3.63) is 64.6 Å². The molecule has 3 heterocycles. The number of amides is 1. The smallest absolute Gasteiger partial charge is 0.253 e. The monoisotopic (exact) mass is 365 g/mol. The first-order chi connectivity index (χ1) is 13.0. The number of aromatic nitrogens is 4. The van der Waals surface area contributed by atoms with Gasteiger partial charge in [0.2, 0.25) is 5.89 Å². The van der Waals surface area contributed by atoms with Gasteiger partial charge in [-0.05, 0) is 51.0 Å². The van der Waals surface area contributed by atoms with Gasteiger partial charge in [-0.2, -0.15) is 10.1 Å². The highest BCUT2D eigenvalue weighted by Crippen LogP contribution is 2.27. The number of hydrogen-bond acceptors (Lipinski definition) is 5.